The number of hydrogen-bond donors (Lipinski definition) is 0. The summed E-state index contributed by atoms with van der Waals surface area (Å²) in [6.45, 7) is 4.00. The normalized spacial score (nSPS) is 12.0. The molecule has 0 atom stereocenters. The first-order valence-electron chi connectivity index (χ1n) is 3.96. The van der Waals surface area contributed by atoms with E-state index in [1.165, 1.54) is 6.07 Å². The fourth-order valence-corrected chi connectivity index (χ4v) is 1.83. The van der Waals surface area contributed by atoms with Gasteiger partial charge in [-0.15, -0.1) is 0 Å². The summed E-state index contributed by atoms with van der Waals surface area (Å²) in [4.78, 5) is 0.167. The second-order valence-corrected chi connectivity index (χ2v) is 5.73. The molecule has 0 saturated heterocycles. The summed E-state index contributed by atoms with van der Waals surface area (Å²) in [6, 6.07) is 6.68. The van der Waals surface area contributed by atoms with Crippen LogP contribution in [0.3, 0.4) is 0 Å². The van der Waals surface area contributed by atoms with E-state index < -0.39 is 9.05 Å². The molecule has 4 heteroatoms. The Morgan fingerprint density at radius 3 is 2.38 bits per heavy atom. The fourth-order valence-electron chi connectivity index (χ4n) is 1.03. The molecule has 1 rings (SSSR count). The second kappa shape index (κ2) is 3.68. The topological polar surface area (TPSA) is 34.1 Å². The quantitative estimate of drug-likeness (QED) is 0.716. The van der Waals surface area contributed by atoms with Crippen LogP contribution in [0.4, 0.5) is 0 Å². The Balaban J connectivity index is 3.21. The highest BCUT2D eigenvalue weighted by Gasteiger charge is 2.10. The molecule has 0 heterocycles. The number of halogens is 1. The molecule has 0 aliphatic heterocycles. The third kappa shape index (κ3) is 2.71. The Bertz CT molecular complexity index is 396. The molecule has 0 N–H and O–H groups in total. The van der Waals surface area contributed by atoms with E-state index in [-0.39, 0.29) is 4.90 Å². The molecule has 0 bridgehead atoms. The van der Waals surface area contributed by atoms with Gasteiger partial charge < -0.3 is 0 Å². The van der Waals surface area contributed by atoms with Gasteiger partial charge >= 0.3 is 0 Å². The third-order valence-electron chi connectivity index (χ3n) is 1.81. The monoisotopic (exact) mass is 218 g/mol. The van der Waals surface area contributed by atoms with E-state index >= 15 is 0 Å². The Kier molecular flexibility index (Phi) is 2.98. The first kappa shape index (κ1) is 10.5. The average molecular weight is 219 g/mol. The minimum absolute atomic E-state index is 0.167. The second-order valence-electron chi connectivity index (χ2n) is 3.17. The molecule has 0 unspecified atom stereocenters. The van der Waals surface area contributed by atoms with E-state index in [4.69, 9.17) is 10.7 Å². The van der Waals surface area contributed by atoms with Crippen molar-refractivity contribution in [3.63, 3.8) is 0 Å². The van der Waals surface area contributed by atoms with Crippen LogP contribution in [0, 0.1) is 0 Å². The maximum absolute atomic E-state index is 11.0. The standard InChI is InChI=1S/C9H11ClO2S/c1-7(2)8-4-3-5-9(6-8)13(10,11)12/h3-7H,1-2H3. The lowest BCUT2D eigenvalue weighted by molar-refractivity contribution is 0.609. The van der Waals surface area contributed by atoms with Gasteiger partial charge in [0.1, 0.15) is 0 Å². The van der Waals surface area contributed by atoms with Crippen LogP contribution in [-0.4, -0.2) is 8.42 Å². The lowest BCUT2D eigenvalue weighted by Gasteiger charge is -2.05. The molecule has 1 aromatic rings. The molecule has 0 radical (unpaired) electrons. The lowest BCUT2D eigenvalue weighted by Crippen LogP contribution is -1.93. The lowest BCUT2D eigenvalue weighted by atomic mass is 10.0. The minimum Gasteiger partial charge on any atom is -0.207 e. The molecule has 0 aromatic heterocycles. The van der Waals surface area contributed by atoms with E-state index in [9.17, 15) is 8.42 Å². The zero-order valence-electron chi connectivity index (χ0n) is 7.49. The summed E-state index contributed by atoms with van der Waals surface area (Å²) in [5.74, 6) is 0.304. The summed E-state index contributed by atoms with van der Waals surface area (Å²) >= 11 is 0. The van der Waals surface area contributed by atoms with Gasteiger partial charge in [0.25, 0.3) is 9.05 Å². The Hall–Kier alpha value is -0.540. The van der Waals surface area contributed by atoms with Crippen molar-refractivity contribution in [2.24, 2.45) is 0 Å². The van der Waals surface area contributed by atoms with Crippen molar-refractivity contribution in [1.29, 1.82) is 0 Å². The predicted octanol–water partition coefficient (Wildman–Crippen LogP) is 2.74. The van der Waals surface area contributed by atoms with E-state index in [2.05, 4.69) is 0 Å². The molecule has 13 heavy (non-hydrogen) atoms. The summed E-state index contributed by atoms with van der Waals surface area (Å²) in [5, 5.41) is 0. The first-order chi connectivity index (χ1) is 5.91. The van der Waals surface area contributed by atoms with Crippen molar-refractivity contribution >= 4 is 19.7 Å². The molecule has 1 aromatic carbocycles. The van der Waals surface area contributed by atoms with Crippen LogP contribution in [-0.2, 0) is 9.05 Å². The van der Waals surface area contributed by atoms with Crippen LogP contribution in [0.5, 0.6) is 0 Å². The third-order valence-corrected chi connectivity index (χ3v) is 3.16. The molecule has 2 nitrogen and oxygen atoms in total. The van der Waals surface area contributed by atoms with Crippen LogP contribution in [0.1, 0.15) is 25.3 Å². The summed E-state index contributed by atoms with van der Waals surface area (Å²) in [7, 11) is 1.62. The van der Waals surface area contributed by atoms with E-state index in [1.807, 2.05) is 19.9 Å². The molecule has 72 valence electrons. The number of benzene rings is 1. The highest BCUT2D eigenvalue weighted by molar-refractivity contribution is 8.13. The van der Waals surface area contributed by atoms with Crippen molar-refractivity contribution in [2.45, 2.75) is 24.7 Å². The van der Waals surface area contributed by atoms with Gasteiger partial charge in [-0.25, -0.2) is 8.42 Å². The van der Waals surface area contributed by atoms with Gasteiger partial charge in [0, 0.05) is 10.7 Å². The maximum Gasteiger partial charge on any atom is 0.261 e. The molecular formula is C9H11ClO2S. The largest absolute Gasteiger partial charge is 0.261 e. The molecule has 0 aliphatic carbocycles. The summed E-state index contributed by atoms with van der Waals surface area (Å²) in [6.07, 6.45) is 0. The number of rotatable bonds is 2. The van der Waals surface area contributed by atoms with Crippen molar-refractivity contribution in [1.82, 2.24) is 0 Å². The van der Waals surface area contributed by atoms with E-state index in [0.29, 0.717) is 5.92 Å². The zero-order chi connectivity index (χ0) is 10.1. The van der Waals surface area contributed by atoms with Gasteiger partial charge in [0.15, 0.2) is 0 Å². The molecule has 0 fully saturated rings. The molecule has 0 aliphatic rings. The van der Waals surface area contributed by atoms with Crippen molar-refractivity contribution in [3.05, 3.63) is 29.8 Å². The van der Waals surface area contributed by atoms with E-state index in [1.54, 1.807) is 12.1 Å². The molecular weight excluding hydrogens is 208 g/mol. The van der Waals surface area contributed by atoms with Gasteiger partial charge in [-0.05, 0) is 23.6 Å². The van der Waals surface area contributed by atoms with Gasteiger partial charge in [-0.3, -0.25) is 0 Å². The van der Waals surface area contributed by atoms with Gasteiger partial charge in [-0.2, -0.15) is 0 Å². The Labute approximate surface area is 83.0 Å². The molecule has 0 spiro atoms. The van der Waals surface area contributed by atoms with E-state index in [0.717, 1.165) is 5.56 Å². The SMILES string of the molecule is CC(C)c1cccc(S(=O)(=O)Cl)c1. The van der Waals surface area contributed by atoms with Crippen molar-refractivity contribution < 1.29 is 8.42 Å². The smallest absolute Gasteiger partial charge is 0.207 e. The van der Waals surface area contributed by atoms with Gasteiger partial charge in [0.2, 0.25) is 0 Å². The summed E-state index contributed by atoms with van der Waals surface area (Å²) in [5.41, 5.74) is 0.974. The van der Waals surface area contributed by atoms with Crippen LogP contribution in [0.25, 0.3) is 0 Å². The molecule has 0 amide bonds. The minimum atomic E-state index is -3.59. The van der Waals surface area contributed by atoms with Crippen molar-refractivity contribution in [2.75, 3.05) is 0 Å². The Morgan fingerprint density at radius 2 is 1.92 bits per heavy atom. The highest BCUT2D eigenvalue weighted by Crippen LogP contribution is 2.20. The predicted molar refractivity (Wildman–Crippen MR) is 53.6 cm³/mol. The Morgan fingerprint density at radius 1 is 1.31 bits per heavy atom. The summed E-state index contributed by atoms with van der Waals surface area (Å²) < 4.78 is 21.9. The maximum atomic E-state index is 11.0. The highest BCUT2D eigenvalue weighted by atomic mass is 35.7. The number of hydrogen-bond acceptors (Lipinski definition) is 2. The van der Waals surface area contributed by atoms with Crippen molar-refractivity contribution in [3.8, 4) is 0 Å². The average Bonchev–Trinajstić information content (AvgIpc) is 2.03. The van der Waals surface area contributed by atoms with Crippen LogP contribution in [0.15, 0.2) is 29.2 Å². The van der Waals surface area contributed by atoms with Gasteiger partial charge in [0.05, 0.1) is 4.90 Å². The van der Waals surface area contributed by atoms with Crippen LogP contribution >= 0.6 is 10.7 Å². The molecule has 0 saturated carbocycles. The van der Waals surface area contributed by atoms with Gasteiger partial charge in [-0.1, -0.05) is 26.0 Å². The zero-order valence-corrected chi connectivity index (χ0v) is 9.06. The first-order valence-corrected chi connectivity index (χ1v) is 6.27. The fraction of sp³-hybridized carbons (Fsp3) is 0.333. The van der Waals surface area contributed by atoms with Crippen LogP contribution < -0.4 is 0 Å². The van der Waals surface area contributed by atoms with Crippen LogP contribution in [0.2, 0.25) is 0 Å².